The third kappa shape index (κ3) is 42.7. The molecule has 0 aromatic rings. The molecular formula is C19H44O3. The molecule has 0 heterocycles. The fraction of sp³-hybridized carbons (Fsp3) is 1.00. The van der Waals surface area contributed by atoms with E-state index in [1.54, 1.807) is 13.8 Å². The fourth-order valence-electron chi connectivity index (χ4n) is 1.77. The molecule has 0 aliphatic heterocycles. The lowest BCUT2D eigenvalue weighted by Gasteiger charge is -1.90. The molecule has 3 heteroatoms. The molecule has 138 valence electrons. The van der Waals surface area contributed by atoms with E-state index in [9.17, 15) is 0 Å². The van der Waals surface area contributed by atoms with Crippen molar-refractivity contribution < 1.29 is 15.3 Å². The van der Waals surface area contributed by atoms with Gasteiger partial charge in [0.15, 0.2) is 0 Å². The van der Waals surface area contributed by atoms with Crippen LogP contribution < -0.4 is 0 Å². The van der Waals surface area contributed by atoms with Crippen molar-refractivity contribution in [3.05, 3.63) is 0 Å². The van der Waals surface area contributed by atoms with Gasteiger partial charge in [0.1, 0.15) is 0 Å². The third-order valence-corrected chi connectivity index (χ3v) is 3.31. The van der Waals surface area contributed by atoms with Crippen molar-refractivity contribution in [3.63, 3.8) is 0 Å². The summed E-state index contributed by atoms with van der Waals surface area (Å²) < 4.78 is 0. The average Bonchev–Trinajstić information content (AvgIpc) is 3.25. The first kappa shape index (κ1) is 26.8. The van der Waals surface area contributed by atoms with Crippen molar-refractivity contribution in [1.29, 1.82) is 0 Å². The van der Waals surface area contributed by atoms with Gasteiger partial charge >= 0.3 is 0 Å². The van der Waals surface area contributed by atoms with Gasteiger partial charge in [-0.15, -0.1) is 0 Å². The zero-order valence-electron chi connectivity index (χ0n) is 15.8. The van der Waals surface area contributed by atoms with E-state index in [2.05, 4.69) is 0 Å². The number of hydrogen-bond donors (Lipinski definition) is 3. The second-order valence-electron chi connectivity index (χ2n) is 5.83. The predicted octanol–water partition coefficient (Wildman–Crippen LogP) is 5.07. The SMILES string of the molecule is C1CCCC1.C1CCCC1.CCC(C)O.CCCO.CCO. The number of aliphatic hydroxyl groups is 3. The van der Waals surface area contributed by atoms with Crippen LogP contribution in [0.15, 0.2) is 0 Å². The van der Waals surface area contributed by atoms with Crippen LogP contribution >= 0.6 is 0 Å². The van der Waals surface area contributed by atoms with Crippen LogP contribution in [0.4, 0.5) is 0 Å². The Hall–Kier alpha value is -0.120. The summed E-state index contributed by atoms with van der Waals surface area (Å²) >= 11 is 0. The van der Waals surface area contributed by atoms with Gasteiger partial charge in [-0.25, -0.2) is 0 Å². The Morgan fingerprint density at radius 3 is 0.864 bits per heavy atom. The second-order valence-corrected chi connectivity index (χ2v) is 5.83. The highest BCUT2D eigenvalue weighted by molar-refractivity contribution is 4.51. The molecule has 2 fully saturated rings. The molecule has 0 bridgehead atoms. The Morgan fingerprint density at radius 2 is 0.818 bits per heavy atom. The molecule has 3 nitrogen and oxygen atoms in total. The van der Waals surface area contributed by atoms with E-state index < -0.39 is 0 Å². The maximum atomic E-state index is 8.36. The second kappa shape index (κ2) is 29.0. The molecule has 1 unspecified atom stereocenters. The standard InChI is InChI=1S/2C5H10.C4H10O.C3H8O.C2H6O/c2*1-2-4-5-3-1;1-3-4(2)5;1-2-3-4;1-2-3/h2*1-5H2;4-5H,3H2,1-2H3;4H,2-3H2,1H3;3H,2H2,1H3. The first-order valence-electron chi connectivity index (χ1n) is 9.50. The van der Waals surface area contributed by atoms with Gasteiger partial charge in [-0.05, 0) is 26.7 Å². The summed E-state index contributed by atoms with van der Waals surface area (Å²) in [7, 11) is 0. The summed E-state index contributed by atoms with van der Waals surface area (Å²) in [4.78, 5) is 0. The smallest absolute Gasteiger partial charge is 0.0509 e. The van der Waals surface area contributed by atoms with Crippen molar-refractivity contribution in [2.45, 2.75) is 111 Å². The van der Waals surface area contributed by atoms with Crippen LogP contribution in [-0.4, -0.2) is 34.6 Å². The molecule has 2 aliphatic carbocycles. The Morgan fingerprint density at radius 1 is 0.682 bits per heavy atom. The Bertz CT molecular complexity index is 114. The molecule has 0 spiro atoms. The Labute approximate surface area is 140 Å². The number of rotatable bonds is 2. The molecule has 0 saturated heterocycles. The summed E-state index contributed by atoms with van der Waals surface area (Å²) in [6, 6.07) is 0. The topological polar surface area (TPSA) is 60.7 Å². The highest BCUT2D eigenvalue weighted by atomic mass is 16.3. The van der Waals surface area contributed by atoms with Gasteiger partial charge in [-0.2, -0.15) is 0 Å². The molecule has 2 saturated carbocycles. The van der Waals surface area contributed by atoms with E-state index in [0.29, 0.717) is 6.61 Å². The lowest BCUT2D eigenvalue weighted by Crippen LogP contribution is -1.93. The van der Waals surface area contributed by atoms with Gasteiger partial charge in [0.25, 0.3) is 0 Å². The van der Waals surface area contributed by atoms with E-state index in [0.717, 1.165) is 12.8 Å². The molecule has 2 aliphatic rings. The van der Waals surface area contributed by atoms with Crippen LogP contribution in [0.5, 0.6) is 0 Å². The largest absolute Gasteiger partial charge is 0.397 e. The summed E-state index contributed by atoms with van der Waals surface area (Å²) in [5.41, 5.74) is 0. The third-order valence-electron chi connectivity index (χ3n) is 3.31. The first-order valence-corrected chi connectivity index (χ1v) is 9.50. The molecule has 0 radical (unpaired) electrons. The molecule has 1 atom stereocenters. The molecule has 0 aromatic carbocycles. The quantitative estimate of drug-likeness (QED) is 0.666. The molecule has 0 aromatic heterocycles. The van der Waals surface area contributed by atoms with Crippen molar-refractivity contribution in [1.82, 2.24) is 0 Å². The highest BCUT2D eigenvalue weighted by Gasteiger charge is 1.95. The monoisotopic (exact) mass is 320 g/mol. The van der Waals surface area contributed by atoms with Crippen LogP contribution in [-0.2, 0) is 0 Å². The van der Waals surface area contributed by atoms with E-state index in [1.807, 2.05) is 13.8 Å². The minimum Gasteiger partial charge on any atom is -0.397 e. The molecule has 2 rings (SSSR count). The average molecular weight is 321 g/mol. The molecule has 22 heavy (non-hydrogen) atoms. The summed E-state index contributed by atoms with van der Waals surface area (Å²) in [6.07, 6.45) is 16.6. The van der Waals surface area contributed by atoms with Crippen molar-refractivity contribution >= 4 is 0 Å². The van der Waals surface area contributed by atoms with Crippen LogP contribution in [0.1, 0.15) is 105 Å². The van der Waals surface area contributed by atoms with Crippen molar-refractivity contribution in [2.24, 2.45) is 0 Å². The minimum absolute atomic E-state index is 0.116. The lowest BCUT2D eigenvalue weighted by atomic mass is 10.3. The van der Waals surface area contributed by atoms with Gasteiger partial charge in [0.2, 0.25) is 0 Å². The van der Waals surface area contributed by atoms with Gasteiger partial charge in [-0.1, -0.05) is 78.1 Å². The van der Waals surface area contributed by atoms with E-state index in [-0.39, 0.29) is 12.7 Å². The fourth-order valence-corrected chi connectivity index (χ4v) is 1.77. The molecular weight excluding hydrogens is 276 g/mol. The van der Waals surface area contributed by atoms with Crippen LogP contribution in [0.2, 0.25) is 0 Å². The van der Waals surface area contributed by atoms with Crippen molar-refractivity contribution in [2.75, 3.05) is 13.2 Å². The van der Waals surface area contributed by atoms with E-state index >= 15 is 0 Å². The predicted molar refractivity (Wildman–Crippen MR) is 98.3 cm³/mol. The van der Waals surface area contributed by atoms with Gasteiger partial charge in [0, 0.05) is 13.2 Å². The zero-order chi connectivity index (χ0) is 17.5. The van der Waals surface area contributed by atoms with E-state index in [4.69, 9.17) is 15.3 Å². The lowest BCUT2D eigenvalue weighted by molar-refractivity contribution is 0.191. The first-order chi connectivity index (χ1) is 10.6. The molecule has 0 amide bonds. The summed E-state index contributed by atoms with van der Waals surface area (Å²) in [5.74, 6) is 0. The Balaban J connectivity index is -0.000000208. The summed E-state index contributed by atoms with van der Waals surface area (Å²) in [5, 5.41) is 23.8. The van der Waals surface area contributed by atoms with Crippen molar-refractivity contribution in [3.8, 4) is 0 Å². The Kier molecular flexibility index (Phi) is 35.2. The summed E-state index contributed by atoms with van der Waals surface area (Å²) in [6.45, 7) is 7.91. The van der Waals surface area contributed by atoms with Gasteiger partial charge < -0.3 is 15.3 Å². The van der Waals surface area contributed by atoms with Gasteiger partial charge in [-0.3, -0.25) is 0 Å². The maximum absolute atomic E-state index is 8.36. The van der Waals surface area contributed by atoms with Crippen LogP contribution in [0, 0.1) is 0 Å². The minimum atomic E-state index is -0.116. The van der Waals surface area contributed by atoms with Crippen LogP contribution in [0.25, 0.3) is 0 Å². The number of aliphatic hydroxyl groups excluding tert-OH is 3. The van der Waals surface area contributed by atoms with Crippen LogP contribution in [0.3, 0.4) is 0 Å². The zero-order valence-corrected chi connectivity index (χ0v) is 15.8. The normalized spacial score (nSPS) is 16.5. The highest BCUT2D eigenvalue weighted by Crippen LogP contribution is 2.15. The molecule has 3 N–H and O–H groups in total. The number of hydrogen-bond acceptors (Lipinski definition) is 3. The maximum Gasteiger partial charge on any atom is 0.0509 e. The van der Waals surface area contributed by atoms with E-state index in [1.165, 1.54) is 64.2 Å². The van der Waals surface area contributed by atoms with Gasteiger partial charge in [0.05, 0.1) is 6.10 Å².